The van der Waals surface area contributed by atoms with Gasteiger partial charge in [0.25, 0.3) is 0 Å². The summed E-state index contributed by atoms with van der Waals surface area (Å²) in [6, 6.07) is 1.12. The van der Waals surface area contributed by atoms with E-state index in [9.17, 15) is 18.3 Å². The molecule has 0 saturated heterocycles. The zero-order chi connectivity index (χ0) is 11.7. The van der Waals surface area contributed by atoms with Gasteiger partial charge in [-0.3, -0.25) is 4.98 Å². The minimum Gasteiger partial charge on any atom is -0.375 e. The lowest BCUT2D eigenvalue weighted by molar-refractivity contribution is -0.262. The maximum atomic E-state index is 12.6. The summed E-state index contributed by atoms with van der Waals surface area (Å²) in [4.78, 5) is 3.66. The van der Waals surface area contributed by atoms with Crippen molar-refractivity contribution in [2.24, 2.45) is 5.73 Å². The zero-order valence-electron chi connectivity index (χ0n) is 8.04. The van der Waals surface area contributed by atoms with Crippen LogP contribution in [0.25, 0.3) is 0 Å². The van der Waals surface area contributed by atoms with Gasteiger partial charge in [-0.25, -0.2) is 0 Å². The third-order valence-corrected chi connectivity index (χ3v) is 2.23. The van der Waals surface area contributed by atoms with Crippen molar-refractivity contribution in [1.29, 1.82) is 0 Å². The Labute approximate surface area is 84.7 Å². The first-order valence-corrected chi connectivity index (χ1v) is 4.23. The second kappa shape index (κ2) is 3.79. The molecule has 0 aliphatic heterocycles. The van der Waals surface area contributed by atoms with Crippen LogP contribution in [0, 0.1) is 6.92 Å². The molecule has 1 atom stereocenters. The molecule has 1 aromatic heterocycles. The van der Waals surface area contributed by atoms with Gasteiger partial charge in [0.15, 0.2) is 5.60 Å². The first kappa shape index (κ1) is 11.9. The molecule has 1 rings (SSSR count). The van der Waals surface area contributed by atoms with E-state index in [1.54, 1.807) is 0 Å². The van der Waals surface area contributed by atoms with Gasteiger partial charge >= 0.3 is 6.18 Å². The number of nitrogens with zero attached hydrogens (tertiary/aromatic N) is 1. The molecule has 1 unspecified atom stereocenters. The molecule has 0 aliphatic carbocycles. The summed E-state index contributed by atoms with van der Waals surface area (Å²) in [7, 11) is 0. The summed E-state index contributed by atoms with van der Waals surface area (Å²) in [5.41, 5.74) is 2.00. The first-order chi connectivity index (χ1) is 6.83. The predicted molar refractivity (Wildman–Crippen MR) is 48.0 cm³/mol. The Hall–Kier alpha value is -1.14. The van der Waals surface area contributed by atoms with E-state index in [1.807, 2.05) is 0 Å². The summed E-state index contributed by atoms with van der Waals surface area (Å²) in [6.07, 6.45) is -2.36. The van der Waals surface area contributed by atoms with Gasteiger partial charge in [-0.05, 0) is 24.1 Å². The van der Waals surface area contributed by atoms with E-state index in [-0.39, 0.29) is 11.1 Å². The lowest BCUT2D eigenvalue weighted by Gasteiger charge is -2.30. The first-order valence-electron chi connectivity index (χ1n) is 4.23. The van der Waals surface area contributed by atoms with Gasteiger partial charge in [0.1, 0.15) is 0 Å². The molecule has 3 N–H and O–H groups in total. The minimum atomic E-state index is -4.80. The van der Waals surface area contributed by atoms with Gasteiger partial charge in [0.05, 0.1) is 0 Å². The van der Waals surface area contributed by atoms with Crippen LogP contribution in [0.1, 0.15) is 11.1 Å². The van der Waals surface area contributed by atoms with Gasteiger partial charge < -0.3 is 10.8 Å². The number of rotatable bonds is 2. The van der Waals surface area contributed by atoms with E-state index in [4.69, 9.17) is 5.73 Å². The second-order valence-corrected chi connectivity index (χ2v) is 3.25. The molecule has 0 radical (unpaired) electrons. The predicted octanol–water partition coefficient (Wildman–Crippen LogP) is 1.10. The van der Waals surface area contributed by atoms with Crippen molar-refractivity contribution in [2.75, 3.05) is 6.54 Å². The van der Waals surface area contributed by atoms with Crippen LogP contribution in [0.2, 0.25) is 0 Å². The number of hydrogen-bond acceptors (Lipinski definition) is 3. The quantitative estimate of drug-likeness (QED) is 0.784. The van der Waals surface area contributed by atoms with Crippen LogP contribution in [0.3, 0.4) is 0 Å². The van der Waals surface area contributed by atoms with Crippen molar-refractivity contribution in [3.05, 3.63) is 29.6 Å². The lowest BCUT2D eigenvalue weighted by Crippen LogP contribution is -2.48. The number of aromatic nitrogens is 1. The summed E-state index contributed by atoms with van der Waals surface area (Å²) in [6.45, 7) is 0.524. The average molecular weight is 220 g/mol. The zero-order valence-corrected chi connectivity index (χ0v) is 8.04. The fourth-order valence-electron chi connectivity index (χ4n) is 1.32. The van der Waals surface area contributed by atoms with Crippen molar-refractivity contribution >= 4 is 0 Å². The van der Waals surface area contributed by atoms with Crippen LogP contribution in [0.5, 0.6) is 0 Å². The van der Waals surface area contributed by atoms with Crippen LogP contribution in [0.4, 0.5) is 13.2 Å². The second-order valence-electron chi connectivity index (χ2n) is 3.25. The smallest absolute Gasteiger partial charge is 0.375 e. The molecule has 0 aromatic carbocycles. The standard InChI is InChI=1S/C9H11F3N2O/c1-6-4-14-3-2-7(6)8(15,5-13)9(10,11)12/h2-4,15H,5,13H2,1H3. The number of alkyl halides is 3. The Morgan fingerprint density at radius 3 is 2.47 bits per heavy atom. The Kier molecular flexibility index (Phi) is 3.01. The van der Waals surface area contributed by atoms with Gasteiger partial charge in [-0.2, -0.15) is 13.2 Å². The molecule has 6 heteroatoms. The molecule has 0 aliphatic rings. The van der Waals surface area contributed by atoms with Crippen LogP contribution in [-0.4, -0.2) is 22.8 Å². The third-order valence-electron chi connectivity index (χ3n) is 2.23. The van der Waals surface area contributed by atoms with Crippen molar-refractivity contribution in [1.82, 2.24) is 4.98 Å². The minimum absolute atomic E-state index is 0.253. The Morgan fingerprint density at radius 1 is 1.47 bits per heavy atom. The molecule has 0 saturated carbocycles. The summed E-state index contributed by atoms with van der Waals surface area (Å²) in [5, 5.41) is 9.53. The van der Waals surface area contributed by atoms with Crippen molar-refractivity contribution in [2.45, 2.75) is 18.7 Å². The molecule has 3 nitrogen and oxygen atoms in total. The Bertz CT molecular complexity index is 353. The number of hydrogen-bond donors (Lipinski definition) is 2. The third kappa shape index (κ3) is 1.95. The van der Waals surface area contributed by atoms with E-state index < -0.39 is 18.3 Å². The highest BCUT2D eigenvalue weighted by molar-refractivity contribution is 5.30. The highest BCUT2D eigenvalue weighted by Gasteiger charge is 2.54. The molecule has 1 aromatic rings. The largest absolute Gasteiger partial charge is 0.422 e. The van der Waals surface area contributed by atoms with E-state index >= 15 is 0 Å². The lowest BCUT2D eigenvalue weighted by atomic mass is 9.91. The number of halogens is 3. The summed E-state index contributed by atoms with van der Waals surface area (Å²) in [5.74, 6) is 0. The molecule has 0 spiro atoms. The van der Waals surface area contributed by atoms with Gasteiger partial charge in [-0.15, -0.1) is 0 Å². The molecular weight excluding hydrogens is 209 g/mol. The van der Waals surface area contributed by atoms with E-state index in [2.05, 4.69) is 4.98 Å². The molecule has 0 fully saturated rings. The fraction of sp³-hybridized carbons (Fsp3) is 0.444. The topological polar surface area (TPSA) is 59.1 Å². The number of aryl methyl sites for hydroxylation is 1. The molecule has 84 valence electrons. The van der Waals surface area contributed by atoms with E-state index in [0.29, 0.717) is 0 Å². The number of pyridine rings is 1. The van der Waals surface area contributed by atoms with Crippen LogP contribution in [0.15, 0.2) is 18.5 Å². The maximum absolute atomic E-state index is 12.6. The average Bonchev–Trinajstić information content (AvgIpc) is 2.15. The van der Waals surface area contributed by atoms with Gasteiger partial charge in [0.2, 0.25) is 0 Å². The maximum Gasteiger partial charge on any atom is 0.422 e. The SMILES string of the molecule is Cc1cnccc1C(O)(CN)C(F)(F)F. The summed E-state index contributed by atoms with van der Waals surface area (Å²) >= 11 is 0. The molecular formula is C9H11F3N2O. The van der Waals surface area contributed by atoms with E-state index in [1.165, 1.54) is 19.3 Å². The number of nitrogens with two attached hydrogens (primary N) is 1. The molecule has 0 amide bonds. The molecule has 15 heavy (non-hydrogen) atoms. The highest BCUT2D eigenvalue weighted by atomic mass is 19.4. The molecule has 0 bridgehead atoms. The Balaban J connectivity index is 3.30. The summed E-state index contributed by atoms with van der Waals surface area (Å²) < 4.78 is 37.9. The van der Waals surface area contributed by atoms with Crippen LogP contribution < -0.4 is 5.73 Å². The van der Waals surface area contributed by atoms with Gasteiger partial charge in [0, 0.05) is 18.9 Å². The van der Waals surface area contributed by atoms with Crippen LogP contribution >= 0.6 is 0 Å². The van der Waals surface area contributed by atoms with Crippen molar-refractivity contribution in [3.63, 3.8) is 0 Å². The van der Waals surface area contributed by atoms with Crippen molar-refractivity contribution in [3.8, 4) is 0 Å². The van der Waals surface area contributed by atoms with Gasteiger partial charge in [-0.1, -0.05) is 0 Å². The highest BCUT2D eigenvalue weighted by Crippen LogP contribution is 2.38. The van der Waals surface area contributed by atoms with Crippen LogP contribution in [-0.2, 0) is 5.60 Å². The number of aliphatic hydroxyl groups is 1. The Morgan fingerprint density at radius 2 is 2.07 bits per heavy atom. The molecule has 1 heterocycles. The fourth-order valence-corrected chi connectivity index (χ4v) is 1.32. The van der Waals surface area contributed by atoms with Crippen molar-refractivity contribution < 1.29 is 18.3 Å². The normalized spacial score (nSPS) is 16.1. The van der Waals surface area contributed by atoms with E-state index in [0.717, 1.165) is 6.07 Å². The monoisotopic (exact) mass is 220 g/mol.